The highest BCUT2D eigenvalue weighted by Gasteiger charge is 2.38. The number of rotatable bonds is 5. The number of hydrogen-bond donors (Lipinski definition) is 3. The lowest BCUT2D eigenvalue weighted by Gasteiger charge is -2.49. The fourth-order valence-electron chi connectivity index (χ4n) is 5.44. The van der Waals surface area contributed by atoms with Crippen molar-refractivity contribution in [1.29, 1.82) is 0 Å². The number of carbonyl (C=O) groups excluding carboxylic acids is 1. The molecule has 3 saturated heterocycles. The summed E-state index contributed by atoms with van der Waals surface area (Å²) in [6.07, 6.45) is -0.388. The third kappa shape index (κ3) is 4.52. The summed E-state index contributed by atoms with van der Waals surface area (Å²) in [5.41, 5.74) is 2.01. The number of piperazine rings is 1. The first-order valence-electron chi connectivity index (χ1n) is 12.7. The fourth-order valence-corrected chi connectivity index (χ4v) is 7.64. The summed E-state index contributed by atoms with van der Waals surface area (Å²) < 4.78 is 41.9. The Balaban J connectivity index is 1.22. The Morgan fingerprint density at radius 3 is 2.66 bits per heavy atom. The minimum atomic E-state index is -4.63. The van der Waals surface area contributed by atoms with E-state index in [-0.39, 0.29) is 17.5 Å². The molecule has 12 heteroatoms. The van der Waals surface area contributed by atoms with Gasteiger partial charge in [-0.05, 0) is 55.0 Å². The van der Waals surface area contributed by atoms with Gasteiger partial charge in [-0.15, -0.1) is 23.1 Å². The zero-order valence-corrected chi connectivity index (χ0v) is 21.9. The second kappa shape index (κ2) is 9.13. The number of nitrogens with one attached hydrogen (secondary N) is 3. The molecule has 38 heavy (non-hydrogen) atoms. The highest BCUT2D eigenvalue weighted by Crippen LogP contribution is 2.46. The largest absolute Gasteiger partial charge is 0.420 e. The van der Waals surface area contributed by atoms with E-state index in [1.165, 1.54) is 23.9 Å². The van der Waals surface area contributed by atoms with Gasteiger partial charge in [0.05, 0.1) is 10.6 Å². The lowest BCUT2D eigenvalue weighted by molar-refractivity contribution is -0.137. The van der Waals surface area contributed by atoms with Gasteiger partial charge in [0.1, 0.15) is 10.4 Å². The zero-order valence-electron chi connectivity index (χ0n) is 20.3. The number of thioether (sulfide) groups is 1. The molecule has 5 aliphatic rings. The third-order valence-corrected chi connectivity index (χ3v) is 9.77. The lowest BCUT2D eigenvalue weighted by Crippen LogP contribution is -2.67. The molecular weight excluding hydrogens is 533 g/mol. The summed E-state index contributed by atoms with van der Waals surface area (Å²) in [5, 5.41) is 9.55. The molecule has 3 aromatic rings. The molecule has 1 amide bonds. The van der Waals surface area contributed by atoms with Crippen LogP contribution in [-0.2, 0) is 6.18 Å². The molecule has 1 saturated carbocycles. The zero-order chi connectivity index (χ0) is 26.0. The Bertz CT molecular complexity index is 1410. The molecule has 1 aromatic carbocycles. The van der Waals surface area contributed by atoms with Gasteiger partial charge < -0.3 is 20.9 Å². The molecule has 7 nitrogen and oxygen atoms in total. The van der Waals surface area contributed by atoms with Crippen LogP contribution in [0.5, 0.6) is 0 Å². The van der Waals surface area contributed by atoms with E-state index in [2.05, 4.69) is 43.0 Å². The van der Waals surface area contributed by atoms with Gasteiger partial charge in [-0.25, -0.2) is 9.97 Å². The number of thiophene rings is 1. The van der Waals surface area contributed by atoms with Gasteiger partial charge in [0, 0.05) is 59.9 Å². The molecule has 1 aliphatic carbocycles. The molecule has 0 radical (unpaired) electrons. The maximum atomic E-state index is 14.0. The summed E-state index contributed by atoms with van der Waals surface area (Å²) in [5.74, 6) is 0.921. The van der Waals surface area contributed by atoms with Crippen LogP contribution in [0.15, 0.2) is 35.4 Å². The minimum Gasteiger partial charge on any atom is -0.368 e. The number of benzene rings is 1. The van der Waals surface area contributed by atoms with Crippen LogP contribution in [0, 0.1) is 0 Å². The number of fused-ring (bicyclic) bond motifs is 3. The van der Waals surface area contributed by atoms with E-state index in [1.54, 1.807) is 6.07 Å². The highest BCUT2D eigenvalue weighted by atomic mass is 32.2. The van der Waals surface area contributed by atoms with Crippen molar-refractivity contribution >= 4 is 46.3 Å². The van der Waals surface area contributed by atoms with Crippen LogP contribution >= 0.6 is 23.1 Å². The molecule has 6 heterocycles. The van der Waals surface area contributed by atoms with Crippen LogP contribution < -0.4 is 20.9 Å². The highest BCUT2D eigenvalue weighted by molar-refractivity contribution is 7.99. The monoisotopic (exact) mass is 558 g/mol. The molecule has 2 aromatic heterocycles. The standard InChI is InChI=1S/C26H25F3N6OS2/c27-26(28,29)18-10-31-25(34-22(18)20-9-21-23(38-20)24(36)30-5-6-37-21)33-19-4-3-16(8-17(19)13-1-2-13)35-11-14-7-15(12-35)32-14/h3-4,8-10,13-15,32H,1-2,5-7,11-12H2,(H,30,36)(H,31,33,34). The Morgan fingerprint density at radius 1 is 1.13 bits per heavy atom. The number of carbonyl (C=O) groups is 1. The number of amides is 1. The average molecular weight is 559 g/mol. The number of halogens is 3. The van der Waals surface area contributed by atoms with Crippen LogP contribution in [0.1, 0.15) is 46.0 Å². The van der Waals surface area contributed by atoms with Gasteiger partial charge in [-0.2, -0.15) is 13.2 Å². The average Bonchev–Trinajstić information content (AvgIpc) is 3.67. The van der Waals surface area contributed by atoms with E-state index < -0.39 is 11.7 Å². The minimum absolute atomic E-state index is 0.103. The molecule has 8 rings (SSSR count). The van der Waals surface area contributed by atoms with Crippen molar-refractivity contribution in [3.63, 3.8) is 0 Å². The maximum absolute atomic E-state index is 14.0. The van der Waals surface area contributed by atoms with Crippen molar-refractivity contribution in [2.45, 2.75) is 48.3 Å². The smallest absolute Gasteiger partial charge is 0.368 e. The first-order valence-corrected chi connectivity index (χ1v) is 14.5. The van der Waals surface area contributed by atoms with E-state index in [4.69, 9.17) is 0 Å². The lowest BCUT2D eigenvalue weighted by atomic mass is 9.90. The molecule has 2 atom stereocenters. The van der Waals surface area contributed by atoms with Gasteiger partial charge in [-0.1, -0.05) is 0 Å². The molecule has 0 spiro atoms. The molecular formula is C26H25F3N6OS2. The van der Waals surface area contributed by atoms with Crippen LogP contribution in [0.4, 0.5) is 30.5 Å². The van der Waals surface area contributed by atoms with Gasteiger partial charge in [0.15, 0.2) is 0 Å². The summed E-state index contributed by atoms with van der Waals surface area (Å²) >= 11 is 2.49. The Kier molecular flexibility index (Phi) is 5.82. The number of nitrogens with zero attached hydrogens (tertiary/aromatic N) is 3. The van der Waals surface area contributed by atoms with Crippen molar-refractivity contribution in [3.05, 3.63) is 46.5 Å². The normalized spacial score (nSPS) is 22.8. The van der Waals surface area contributed by atoms with E-state index in [0.29, 0.717) is 44.9 Å². The molecule has 3 N–H and O–H groups in total. The third-order valence-electron chi connectivity index (χ3n) is 7.46. The molecule has 2 unspecified atom stereocenters. The summed E-state index contributed by atoms with van der Waals surface area (Å²) in [4.78, 5) is 24.6. The quantitative estimate of drug-likeness (QED) is 0.396. The Hall–Kier alpha value is -2.83. The van der Waals surface area contributed by atoms with E-state index in [9.17, 15) is 18.0 Å². The topological polar surface area (TPSA) is 82.2 Å². The van der Waals surface area contributed by atoms with Crippen molar-refractivity contribution in [2.75, 3.05) is 35.6 Å². The van der Waals surface area contributed by atoms with Crippen LogP contribution in [-0.4, -0.2) is 53.3 Å². The molecule has 4 aliphatic heterocycles. The maximum Gasteiger partial charge on any atom is 0.420 e. The van der Waals surface area contributed by atoms with Crippen molar-refractivity contribution < 1.29 is 18.0 Å². The van der Waals surface area contributed by atoms with Gasteiger partial charge in [-0.3, -0.25) is 4.79 Å². The van der Waals surface area contributed by atoms with Gasteiger partial charge in [0.25, 0.3) is 5.91 Å². The first kappa shape index (κ1) is 24.2. The second-order valence-corrected chi connectivity index (χ2v) is 12.4. The second-order valence-electron chi connectivity index (χ2n) is 10.2. The van der Waals surface area contributed by atoms with Crippen LogP contribution in [0.2, 0.25) is 0 Å². The Labute approximate surface area is 225 Å². The SMILES string of the molecule is O=C1NCCSc2cc(-c3nc(Nc4ccc(N5CC6CC(C5)N6)cc4C4CC4)ncc3C(F)(F)F)sc21. The van der Waals surface area contributed by atoms with Crippen molar-refractivity contribution in [3.8, 4) is 10.6 Å². The van der Waals surface area contributed by atoms with E-state index in [1.807, 2.05) is 6.07 Å². The van der Waals surface area contributed by atoms with E-state index in [0.717, 1.165) is 54.7 Å². The van der Waals surface area contributed by atoms with Gasteiger partial charge in [0.2, 0.25) is 5.95 Å². The number of anilines is 3. The number of alkyl halides is 3. The molecule has 2 bridgehead atoms. The van der Waals surface area contributed by atoms with Gasteiger partial charge >= 0.3 is 6.18 Å². The summed E-state index contributed by atoms with van der Waals surface area (Å²) in [6.45, 7) is 2.49. The number of hydrogen-bond acceptors (Lipinski definition) is 8. The summed E-state index contributed by atoms with van der Waals surface area (Å²) in [6, 6.07) is 9.00. The predicted octanol–water partition coefficient (Wildman–Crippen LogP) is 5.23. The fraction of sp³-hybridized carbons (Fsp3) is 0.423. The molecule has 4 fully saturated rings. The van der Waals surface area contributed by atoms with Crippen LogP contribution in [0.25, 0.3) is 10.6 Å². The molecule has 198 valence electrons. The van der Waals surface area contributed by atoms with Crippen molar-refractivity contribution in [1.82, 2.24) is 20.6 Å². The summed E-state index contributed by atoms with van der Waals surface area (Å²) in [7, 11) is 0. The van der Waals surface area contributed by atoms with E-state index >= 15 is 0 Å². The first-order chi connectivity index (χ1) is 18.3. The number of piperidine rings is 1. The van der Waals surface area contributed by atoms with Crippen LogP contribution in [0.3, 0.4) is 0 Å². The van der Waals surface area contributed by atoms with Crippen molar-refractivity contribution in [2.24, 2.45) is 0 Å². The Morgan fingerprint density at radius 2 is 1.92 bits per heavy atom. The predicted molar refractivity (Wildman–Crippen MR) is 143 cm³/mol. The number of aromatic nitrogens is 2.